The number of rotatable bonds is 9. The van der Waals surface area contributed by atoms with Crippen molar-refractivity contribution in [2.75, 3.05) is 13.2 Å². The molecule has 1 aromatic rings. The fraction of sp³-hybridized carbons (Fsp3) is 0.562. The molecule has 0 fully saturated rings. The van der Waals surface area contributed by atoms with E-state index in [4.69, 9.17) is 15.6 Å². The molecule has 0 aliphatic rings. The van der Waals surface area contributed by atoms with E-state index in [9.17, 15) is 4.79 Å². The van der Waals surface area contributed by atoms with Gasteiger partial charge in [0.25, 0.3) is 0 Å². The Morgan fingerprint density at radius 3 is 2.62 bits per heavy atom. The van der Waals surface area contributed by atoms with E-state index < -0.39 is 6.09 Å². The Labute approximate surface area is 126 Å². The van der Waals surface area contributed by atoms with Crippen LogP contribution in [0.4, 0.5) is 4.79 Å². The molecule has 5 heteroatoms. The van der Waals surface area contributed by atoms with Gasteiger partial charge in [-0.2, -0.15) is 0 Å². The second kappa shape index (κ2) is 8.64. The van der Waals surface area contributed by atoms with E-state index in [2.05, 4.69) is 19.2 Å². The van der Waals surface area contributed by atoms with E-state index in [-0.39, 0.29) is 11.5 Å². The van der Waals surface area contributed by atoms with Crippen LogP contribution in [-0.2, 0) is 11.3 Å². The molecule has 0 saturated carbocycles. The van der Waals surface area contributed by atoms with Crippen LogP contribution in [0.5, 0.6) is 0 Å². The molecular weight excluding hydrogens is 268 g/mol. The summed E-state index contributed by atoms with van der Waals surface area (Å²) in [6, 6.07) is 9.82. The molecule has 1 amide bonds. The topological polar surface area (TPSA) is 84.6 Å². The minimum absolute atomic E-state index is 0.0246. The van der Waals surface area contributed by atoms with Gasteiger partial charge in [0.05, 0.1) is 6.61 Å². The summed E-state index contributed by atoms with van der Waals surface area (Å²) < 4.78 is 5.68. The van der Waals surface area contributed by atoms with E-state index in [0.717, 1.165) is 12.0 Å². The first-order chi connectivity index (χ1) is 9.93. The quantitative estimate of drug-likeness (QED) is 0.611. The average molecular weight is 294 g/mol. The molecule has 0 aliphatic heterocycles. The maximum Gasteiger partial charge on any atom is 0.404 e. The van der Waals surface area contributed by atoms with Crippen LogP contribution in [0.2, 0.25) is 0 Å². The van der Waals surface area contributed by atoms with Crippen molar-refractivity contribution in [1.29, 1.82) is 0 Å². The number of carbonyl (C=O) groups is 1. The molecule has 1 aromatic carbocycles. The average Bonchev–Trinajstić information content (AvgIpc) is 2.43. The van der Waals surface area contributed by atoms with Gasteiger partial charge in [0.1, 0.15) is 0 Å². The van der Waals surface area contributed by atoms with E-state index >= 15 is 0 Å². The van der Waals surface area contributed by atoms with Crippen LogP contribution in [0.25, 0.3) is 0 Å². The highest BCUT2D eigenvalue weighted by atomic mass is 16.5. The molecule has 0 bridgehead atoms. The summed E-state index contributed by atoms with van der Waals surface area (Å²) in [6.45, 7) is 5.76. The van der Waals surface area contributed by atoms with Gasteiger partial charge >= 0.3 is 6.09 Å². The molecule has 118 valence electrons. The maximum absolute atomic E-state index is 10.7. The molecule has 0 radical (unpaired) electrons. The number of ether oxygens (including phenoxy) is 1. The monoisotopic (exact) mass is 294 g/mol. The lowest BCUT2D eigenvalue weighted by atomic mass is 9.83. The van der Waals surface area contributed by atoms with Gasteiger partial charge in [0.2, 0.25) is 0 Å². The lowest BCUT2D eigenvalue weighted by molar-refractivity contribution is 0.0865. The molecule has 1 rings (SSSR count). The van der Waals surface area contributed by atoms with Crippen molar-refractivity contribution in [1.82, 2.24) is 5.32 Å². The standard InChI is InChI=1S/C16H26N2O3/c1-16(2,10-14(11-17)18-15(19)20)8-9-21-12-13-6-4-3-5-7-13/h3-7,14,18H,8-12,17H2,1-2H3,(H,19,20). The summed E-state index contributed by atoms with van der Waals surface area (Å²) in [5, 5.41) is 11.2. The third kappa shape index (κ3) is 7.68. The smallest absolute Gasteiger partial charge is 0.404 e. The highest BCUT2D eigenvalue weighted by molar-refractivity contribution is 5.64. The molecular formula is C16H26N2O3. The van der Waals surface area contributed by atoms with Crippen molar-refractivity contribution in [3.8, 4) is 0 Å². The van der Waals surface area contributed by atoms with Crippen molar-refractivity contribution >= 4 is 6.09 Å². The Morgan fingerprint density at radius 1 is 1.38 bits per heavy atom. The van der Waals surface area contributed by atoms with E-state index in [0.29, 0.717) is 26.2 Å². The number of nitrogens with one attached hydrogen (secondary N) is 1. The first kappa shape index (κ1) is 17.5. The largest absolute Gasteiger partial charge is 0.465 e. The molecule has 0 heterocycles. The maximum atomic E-state index is 10.7. The minimum atomic E-state index is -1.03. The lowest BCUT2D eigenvalue weighted by Gasteiger charge is -2.29. The molecule has 5 nitrogen and oxygen atoms in total. The van der Waals surface area contributed by atoms with Gasteiger partial charge in [0.15, 0.2) is 0 Å². The second-order valence-corrected chi connectivity index (χ2v) is 6.04. The van der Waals surface area contributed by atoms with Gasteiger partial charge in [0, 0.05) is 19.2 Å². The Hall–Kier alpha value is -1.59. The zero-order valence-corrected chi connectivity index (χ0v) is 12.8. The highest BCUT2D eigenvalue weighted by Crippen LogP contribution is 2.26. The highest BCUT2D eigenvalue weighted by Gasteiger charge is 2.23. The summed E-state index contributed by atoms with van der Waals surface area (Å²) >= 11 is 0. The Bertz CT molecular complexity index is 421. The van der Waals surface area contributed by atoms with E-state index in [1.165, 1.54) is 0 Å². The van der Waals surface area contributed by atoms with Crippen LogP contribution in [0, 0.1) is 5.41 Å². The lowest BCUT2D eigenvalue weighted by Crippen LogP contribution is -2.42. The van der Waals surface area contributed by atoms with Crippen LogP contribution in [0.1, 0.15) is 32.3 Å². The first-order valence-corrected chi connectivity index (χ1v) is 7.24. The van der Waals surface area contributed by atoms with Crippen molar-refractivity contribution < 1.29 is 14.6 Å². The third-order valence-electron chi connectivity index (χ3n) is 3.45. The summed E-state index contributed by atoms with van der Waals surface area (Å²) in [4.78, 5) is 10.7. The molecule has 21 heavy (non-hydrogen) atoms. The second-order valence-electron chi connectivity index (χ2n) is 6.04. The summed E-state index contributed by atoms with van der Waals surface area (Å²) in [7, 11) is 0. The van der Waals surface area contributed by atoms with E-state index in [1.54, 1.807) is 0 Å². The zero-order valence-electron chi connectivity index (χ0n) is 12.8. The number of amides is 1. The van der Waals surface area contributed by atoms with Gasteiger partial charge in [-0.25, -0.2) is 4.79 Å². The fourth-order valence-electron chi connectivity index (χ4n) is 2.25. The van der Waals surface area contributed by atoms with Gasteiger partial charge in [-0.3, -0.25) is 0 Å². The van der Waals surface area contributed by atoms with Gasteiger partial charge in [-0.05, 0) is 23.8 Å². The number of benzene rings is 1. The predicted molar refractivity (Wildman–Crippen MR) is 83.1 cm³/mol. The van der Waals surface area contributed by atoms with Crippen molar-refractivity contribution in [2.24, 2.45) is 11.1 Å². The SMILES string of the molecule is CC(C)(CCOCc1ccccc1)CC(CN)NC(=O)O. The molecule has 1 atom stereocenters. The van der Waals surface area contributed by atoms with E-state index in [1.807, 2.05) is 30.3 Å². The Kier molecular flexibility index (Phi) is 7.19. The number of nitrogens with two attached hydrogens (primary N) is 1. The first-order valence-electron chi connectivity index (χ1n) is 7.24. The predicted octanol–water partition coefficient (Wildman–Crippen LogP) is 2.60. The van der Waals surface area contributed by atoms with Gasteiger partial charge < -0.3 is 20.9 Å². The van der Waals surface area contributed by atoms with Crippen LogP contribution < -0.4 is 11.1 Å². The molecule has 0 spiro atoms. The van der Waals surface area contributed by atoms with Crippen LogP contribution >= 0.6 is 0 Å². The summed E-state index contributed by atoms with van der Waals surface area (Å²) in [5.74, 6) is 0. The molecule has 0 aliphatic carbocycles. The normalized spacial score (nSPS) is 12.9. The number of carboxylic acid groups (broad SMARTS) is 1. The molecule has 0 aromatic heterocycles. The zero-order chi connectivity index (χ0) is 15.7. The van der Waals surface area contributed by atoms with Crippen molar-refractivity contribution in [2.45, 2.75) is 39.3 Å². The van der Waals surface area contributed by atoms with Crippen LogP contribution in [-0.4, -0.2) is 30.4 Å². The molecule has 1 unspecified atom stereocenters. The molecule has 0 saturated heterocycles. The van der Waals surface area contributed by atoms with Crippen molar-refractivity contribution in [3.05, 3.63) is 35.9 Å². The number of hydrogen-bond donors (Lipinski definition) is 3. The Balaban J connectivity index is 2.29. The minimum Gasteiger partial charge on any atom is -0.465 e. The summed E-state index contributed by atoms with van der Waals surface area (Å²) in [5.41, 5.74) is 6.73. The van der Waals surface area contributed by atoms with Crippen LogP contribution in [0.3, 0.4) is 0 Å². The van der Waals surface area contributed by atoms with Gasteiger partial charge in [-0.1, -0.05) is 44.2 Å². The van der Waals surface area contributed by atoms with Gasteiger partial charge in [-0.15, -0.1) is 0 Å². The molecule has 4 N–H and O–H groups in total. The van der Waals surface area contributed by atoms with Crippen molar-refractivity contribution in [3.63, 3.8) is 0 Å². The summed E-state index contributed by atoms with van der Waals surface area (Å²) in [6.07, 6.45) is 0.531. The number of hydrogen-bond acceptors (Lipinski definition) is 3. The fourth-order valence-corrected chi connectivity index (χ4v) is 2.25. The third-order valence-corrected chi connectivity index (χ3v) is 3.45. The van der Waals surface area contributed by atoms with Crippen LogP contribution in [0.15, 0.2) is 30.3 Å². The Morgan fingerprint density at radius 2 is 2.05 bits per heavy atom.